The zero-order valence-corrected chi connectivity index (χ0v) is 10.5. The van der Waals surface area contributed by atoms with Crippen LogP contribution in [0, 0.1) is 6.92 Å². The van der Waals surface area contributed by atoms with E-state index in [-0.39, 0.29) is 6.10 Å². The van der Waals surface area contributed by atoms with Gasteiger partial charge in [-0.3, -0.25) is 9.69 Å². The topological polar surface area (TPSA) is 60.8 Å². The predicted molar refractivity (Wildman–Crippen MR) is 68.4 cm³/mol. The summed E-state index contributed by atoms with van der Waals surface area (Å²) < 4.78 is 0. The molecule has 1 aliphatic rings. The van der Waals surface area contributed by atoms with E-state index < -0.39 is 12.0 Å². The number of benzene rings is 1. The minimum atomic E-state index is -0.824. The number of carboxylic acid groups (broad SMARTS) is 1. The Bertz CT molecular complexity index is 408. The molecule has 1 atom stereocenters. The van der Waals surface area contributed by atoms with Crippen molar-refractivity contribution in [1.82, 2.24) is 4.90 Å². The standard InChI is InChI=1S/C14H19NO3/c1-10-2-4-11(5-3-10)13(14(17)18)15-8-6-12(16)7-9-15/h2-5,12-13,16H,6-9H2,1H3,(H,17,18). The molecule has 0 radical (unpaired) electrons. The van der Waals surface area contributed by atoms with E-state index in [4.69, 9.17) is 0 Å². The molecule has 0 saturated carbocycles. The van der Waals surface area contributed by atoms with Crippen LogP contribution in [0.5, 0.6) is 0 Å². The Hall–Kier alpha value is -1.39. The van der Waals surface area contributed by atoms with Crippen molar-refractivity contribution in [2.75, 3.05) is 13.1 Å². The molecule has 0 amide bonds. The molecule has 1 aliphatic heterocycles. The molecule has 0 aliphatic carbocycles. The van der Waals surface area contributed by atoms with Crippen molar-refractivity contribution in [2.24, 2.45) is 0 Å². The van der Waals surface area contributed by atoms with Crippen LogP contribution in [0.2, 0.25) is 0 Å². The van der Waals surface area contributed by atoms with Crippen molar-refractivity contribution in [1.29, 1.82) is 0 Å². The molecule has 18 heavy (non-hydrogen) atoms. The molecule has 1 heterocycles. The summed E-state index contributed by atoms with van der Waals surface area (Å²) in [6, 6.07) is 7.02. The third-order valence-electron chi connectivity index (χ3n) is 3.49. The number of aliphatic carboxylic acids is 1. The number of rotatable bonds is 3. The summed E-state index contributed by atoms with van der Waals surface area (Å²) in [5, 5.41) is 18.9. The minimum absolute atomic E-state index is 0.284. The number of carbonyl (C=O) groups is 1. The summed E-state index contributed by atoms with van der Waals surface area (Å²) in [6.45, 7) is 3.24. The first-order chi connectivity index (χ1) is 8.58. The van der Waals surface area contributed by atoms with Gasteiger partial charge < -0.3 is 10.2 Å². The van der Waals surface area contributed by atoms with E-state index in [1.807, 2.05) is 36.1 Å². The van der Waals surface area contributed by atoms with Crippen LogP contribution in [0.3, 0.4) is 0 Å². The molecule has 1 saturated heterocycles. The summed E-state index contributed by atoms with van der Waals surface area (Å²) >= 11 is 0. The van der Waals surface area contributed by atoms with Crippen molar-refractivity contribution >= 4 is 5.97 Å². The van der Waals surface area contributed by atoms with E-state index >= 15 is 0 Å². The Kier molecular flexibility index (Phi) is 3.99. The van der Waals surface area contributed by atoms with Crippen LogP contribution in [0.15, 0.2) is 24.3 Å². The van der Waals surface area contributed by atoms with E-state index in [0.29, 0.717) is 25.9 Å². The molecule has 0 spiro atoms. The highest BCUT2D eigenvalue weighted by Gasteiger charge is 2.30. The molecule has 1 unspecified atom stereocenters. The summed E-state index contributed by atoms with van der Waals surface area (Å²) in [4.78, 5) is 13.4. The molecule has 2 rings (SSSR count). The number of likely N-dealkylation sites (tertiary alicyclic amines) is 1. The molecule has 1 aromatic rings. The average Bonchev–Trinajstić information content (AvgIpc) is 2.34. The third kappa shape index (κ3) is 2.89. The van der Waals surface area contributed by atoms with Crippen LogP contribution < -0.4 is 0 Å². The number of aryl methyl sites for hydroxylation is 1. The van der Waals surface area contributed by atoms with Crippen LogP contribution in [0.1, 0.15) is 30.0 Å². The van der Waals surface area contributed by atoms with Gasteiger partial charge in [-0.2, -0.15) is 0 Å². The fourth-order valence-electron chi connectivity index (χ4n) is 2.40. The van der Waals surface area contributed by atoms with E-state index in [1.165, 1.54) is 0 Å². The molecular formula is C14H19NO3. The van der Waals surface area contributed by atoms with Crippen LogP contribution in [0.4, 0.5) is 0 Å². The SMILES string of the molecule is Cc1ccc(C(C(=O)O)N2CCC(O)CC2)cc1. The molecule has 0 aromatic heterocycles. The lowest BCUT2D eigenvalue weighted by atomic mass is 10.00. The number of aliphatic hydroxyl groups excluding tert-OH is 1. The Morgan fingerprint density at radius 1 is 1.28 bits per heavy atom. The monoisotopic (exact) mass is 249 g/mol. The summed E-state index contributed by atoms with van der Waals surface area (Å²) in [5.41, 5.74) is 1.93. The van der Waals surface area contributed by atoms with Crippen molar-refractivity contribution in [3.8, 4) is 0 Å². The van der Waals surface area contributed by atoms with E-state index in [9.17, 15) is 15.0 Å². The lowest BCUT2D eigenvalue weighted by molar-refractivity contribution is -0.144. The third-order valence-corrected chi connectivity index (χ3v) is 3.49. The molecule has 98 valence electrons. The first-order valence-corrected chi connectivity index (χ1v) is 6.29. The molecule has 4 nitrogen and oxygen atoms in total. The second-order valence-corrected chi connectivity index (χ2v) is 4.92. The maximum absolute atomic E-state index is 11.5. The van der Waals surface area contributed by atoms with Gasteiger partial charge in [0, 0.05) is 13.1 Å². The van der Waals surface area contributed by atoms with Gasteiger partial charge in [-0.15, -0.1) is 0 Å². The van der Waals surface area contributed by atoms with Crippen LogP contribution in [-0.4, -0.2) is 40.3 Å². The lowest BCUT2D eigenvalue weighted by Crippen LogP contribution is -2.41. The molecule has 1 aromatic carbocycles. The van der Waals surface area contributed by atoms with E-state index in [2.05, 4.69) is 0 Å². The van der Waals surface area contributed by atoms with Gasteiger partial charge in [0.05, 0.1) is 6.10 Å². The Labute approximate surface area is 107 Å². The predicted octanol–water partition coefficient (Wildman–Crippen LogP) is 1.58. The second kappa shape index (κ2) is 5.50. The van der Waals surface area contributed by atoms with Gasteiger partial charge in [0.2, 0.25) is 0 Å². The Balaban J connectivity index is 2.18. The highest BCUT2D eigenvalue weighted by atomic mass is 16.4. The fourth-order valence-corrected chi connectivity index (χ4v) is 2.40. The quantitative estimate of drug-likeness (QED) is 0.853. The molecular weight excluding hydrogens is 230 g/mol. The van der Waals surface area contributed by atoms with Gasteiger partial charge in [0.15, 0.2) is 0 Å². The Morgan fingerprint density at radius 3 is 2.33 bits per heavy atom. The van der Waals surface area contributed by atoms with Crippen molar-refractivity contribution in [3.05, 3.63) is 35.4 Å². The number of nitrogens with zero attached hydrogens (tertiary/aromatic N) is 1. The van der Waals surface area contributed by atoms with Gasteiger partial charge in [-0.05, 0) is 25.3 Å². The Morgan fingerprint density at radius 2 is 1.83 bits per heavy atom. The minimum Gasteiger partial charge on any atom is -0.480 e. The maximum atomic E-state index is 11.5. The summed E-state index contributed by atoms with van der Waals surface area (Å²) in [7, 11) is 0. The first kappa shape index (κ1) is 13.1. The van der Waals surface area contributed by atoms with Crippen molar-refractivity contribution in [2.45, 2.75) is 31.9 Å². The van der Waals surface area contributed by atoms with E-state index in [1.54, 1.807) is 0 Å². The number of hydrogen-bond donors (Lipinski definition) is 2. The molecule has 0 bridgehead atoms. The van der Waals surface area contributed by atoms with Gasteiger partial charge in [-0.25, -0.2) is 0 Å². The van der Waals surface area contributed by atoms with Crippen molar-refractivity contribution in [3.63, 3.8) is 0 Å². The largest absolute Gasteiger partial charge is 0.480 e. The molecule has 1 fully saturated rings. The van der Waals surface area contributed by atoms with Crippen molar-refractivity contribution < 1.29 is 15.0 Å². The van der Waals surface area contributed by atoms with Crippen LogP contribution in [-0.2, 0) is 4.79 Å². The lowest BCUT2D eigenvalue weighted by Gasteiger charge is -2.34. The summed E-state index contributed by atoms with van der Waals surface area (Å²) in [5.74, 6) is -0.824. The zero-order chi connectivity index (χ0) is 13.1. The van der Waals surface area contributed by atoms with Gasteiger partial charge >= 0.3 is 5.97 Å². The average molecular weight is 249 g/mol. The normalized spacial score (nSPS) is 19.7. The second-order valence-electron chi connectivity index (χ2n) is 4.92. The number of carboxylic acids is 1. The molecule has 4 heteroatoms. The van der Waals surface area contributed by atoms with Gasteiger partial charge in [0.1, 0.15) is 6.04 Å². The maximum Gasteiger partial charge on any atom is 0.325 e. The van der Waals surface area contributed by atoms with Crippen LogP contribution >= 0.6 is 0 Å². The van der Waals surface area contributed by atoms with Gasteiger partial charge in [-0.1, -0.05) is 29.8 Å². The number of hydrogen-bond acceptors (Lipinski definition) is 3. The highest BCUT2D eigenvalue weighted by Crippen LogP contribution is 2.25. The smallest absolute Gasteiger partial charge is 0.325 e. The highest BCUT2D eigenvalue weighted by molar-refractivity contribution is 5.75. The molecule has 2 N–H and O–H groups in total. The van der Waals surface area contributed by atoms with E-state index in [0.717, 1.165) is 11.1 Å². The van der Waals surface area contributed by atoms with Gasteiger partial charge in [0.25, 0.3) is 0 Å². The number of piperidine rings is 1. The first-order valence-electron chi connectivity index (χ1n) is 6.29. The summed E-state index contributed by atoms with van der Waals surface area (Å²) in [6.07, 6.45) is 1.01. The zero-order valence-electron chi connectivity index (χ0n) is 10.5. The fraction of sp³-hybridized carbons (Fsp3) is 0.500. The number of aliphatic hydroxyl groups is 1. The van der Waals surface area contributed by atoms with Crippen LogP contribution in [0.25, 0.3) is 0 Å².